The summed E-state index contributed by atoms with van der Waals surface area (Å²) in [6, 6.07) is 10.0. The molecule has 0 spiro atoms. The number of fused-ring (bicyclic) bond motifs is 1. The van der Waals surface area contributed by atoms with Gasteiger partial charge < -0.3 is 4.90 Å². The molecule has 208 valence electrons. The van der Waals surface area contributed by atoms with Crippen molar-refractivity contribution in [2.24, 2.45) is 0 Å². The van der Waals surface area contributed by atoms with Crippen molar-refractivity contribution in [2.75, 3.05) is 13.1 Å². The highest BCUT2D eigenvalue weighted by molar-refractivity contribution is 6.05. The summed E-state index contributed by atoms with van der Waals surface area (Å²) in [6.07, 6.45) is 28.3. The molecule has 2 aromatic rings. The number of carbonyl (C=O) groups excluding carboxylic acids is 1. The zero-order chi connectivity index (χ0) is 26.4. The Hall–Kier alpha value is -1.90. The molecule has 1 heterocycles. The van der Waals surface area contributed by atoms with E-state index in [-0.39, 0.29) is 5.91 Å². The molecule has 0 unspecified atom stereocenters. The highest BCUT2D eigenvalue weighted by Crippen LogP contribution is 2.19. The predicted octanol–water partition coefficient (Wildman–Crippen LogP) is 10.5. The zero-order valence-corrected chi connectivity index (χ0v) is 24.3. The number of nitrogens with zero attached hydrogens (tertiary/aromatic N) is 2. The van der Waals surface area contributed by atoms with E-state index in [2.05, 4.69) is 23.7 Å². The first-order chi connectivity index (χ1) is 18.3. The van der Waals surface area contributed by atoms with Gasteiger partial charge in [-0.2, -0.15) is 0 Å². The van der Waals surface area contributed by atoms with E-state index in [4.69, 9.17) is 0 Å². The zero-order valence-electron chi connectivity index (χ0n) is 24.3. The van der Waals surface area contributed by atoms with Gasteiger partial charge in [0.15, 0.2) is 0 Å². The molecule has 0 bridgehead atoms. The average molecular weight is 509 g/mol. The minimum Gasteiger partial charge on any atom is -0.339 e. The first kappa shape index (κ1) is 31.3. The Labute approximate surface area is 228 Å². The number of para-hydroxylation sites is 1. The van der Waals surface area contributed by atoms with E-state index in [0.29, 0.717) is 0 Å². The fourth-order valence-electron chi connectivity index (χ4n) is 5.34. The molecule has 37 heavy (non-hydrogen) atoms. The first-order valence-corrected chi connectivity index (χ1v) is 15.9. The van der Waals surface area contributed by atoms with Gasteiger partial charge in [-0.3, -0.25) is 9.78 Å². The smallest absolute Gasteiger partial charge is 0.256 e. The van der Waals surface area contributed by atoms with Gasteiger partial charge in [-0.05, 0) is 25.0 Å². The second-order valence-electron chi connectivity index (χ2n) is 11.0. The number of benzene rings is 1. The minimum atomic E-state index is 0.163. The van der Waals surface area contributed by atoms with Crippen LogP contribution in [0.1, 0.15) is 153 Å². The molecule has 1 amide bonds. The van der Waals surface area contributed by atoms with Crippen LogP contribution in [0.15, 0.2) is 36.5 Å². The van der Waals surface area contributed by atoms with Crippen molar-refractivity contribution in [3.8, 4) is 0 Å². The molecule has 0 aliphatic heterocycles. The summed E-state index contributed by atoms with van der Waals surface area (Å²) in [5.41, 5.74) is 1.60. The molecule has 1 aromatic carbocycles. The minimum absolute atomic E-state index is 0.163. The average Bonchev–Trinajstić information content (AvgIpc) is 2.93. The van der Waals surface area contributed by atoms with Crippen molar-refractivity contribution in [2.45, 2.75) is 142 Å². The molecule has 0 atom stereocenters. The Kier molecular flexibility index (Phi) is 17.8. The second-order valence-corrected chi connectivity index (χ2v) is 11.0. The summed E-state index contributed by atoms with van der Waals surface area (Å²) in [4.78, 5) is 20.3. The van der Waals surface area contributed by atoms with E-state index in [1.54, 1.807) is 6.20 Å². The molecule has 0 radical (unpaired) electrons. The standard InChI is InChI=1S/C34H56N2O/c1-3-5-7-9-11-13-15-17-19-21-29-36(30-22-20-18-16-14-12-10-8-6-4-2)34(37)32-27-23-25-31-26-24-28-35-33(31)32/h23-28H,3-22,29-30H2,1-2H3. The van der Waals surface area contributed by atoms with Gasteiger partial charge in [0.2, 0.25) is 0 Å². The summed E-state index contributed by atoms with van der Waals surface area (Å²) in [5.74, 6) is 0.163. The maximum absolute atomic E-state index is 13.6. The van der Waals surface area contributed by atoms with Crippen molar-refractivity contribution >= 4 is 16.8 Å². The lowest BCUT2D eigenvalue weighted by atomic mass is 10.0. The monoisotopic (exact) mass is 508 g/mol. The maximum Gasteiger partial charge on any atom is 0.256 e. The molecular weight excluding hydrogens is 452 g/mol. The Bertz CT molecular complexity index is 804. The summed E-state index contributed by atoms with van der Waals surface area (Å²) in [5, 5.41) is 1.05. The van der Waals surface area contributed by atoms with Crippen LogP contribution >= 0.6 is 0 Å². The Balaban J connectivity index is 1.77. The van der Waals surface area contributed by atoms with E-state index in [0.717, 1.165) is 42.4 Å². The van der Waals surface area contributed by atoms with Crippen LogP contribution < -0.4 is 0 Å². The van der Waals surface area contributed by atoms with Crippen molar-refractivity contribution in [1.82, 2.24) is 9.88 Å². The third-order valence-corrected chi connectivity index (χ3v) is 7.71. The lowest BCUT2D eigenvalue weighted by Gasteiger charge is -2.23. The molecule has 3 heteroatoms. The van der Waals surface area contributed by atoms with Crippen LogP contribution in [0.4, 0.5) is 0 Å². The van der Waals surface area contributed by atoms with Crippen LogP contribution in [0.25, 0.3) is 10.9 Å². The maximum atomic E-state index is 13.6. The van der Waals surface area contributed by atoms with Crippen molar-refractivity contribution in [3.05, 3.63) is 42.1 Å². The first-order valence-electron chi connectivity index (χ1n) is 15.9. The number of amides is 1. The van der Waals surface area contributed by atoms with E-state index in [9.17, 15) is 4.79 Å². The summed E-state index contributed by atoms with van der Waals surface area (Å²) in [6.45, 7) is 6.30. The van der Waals surface area contributed by atoms with E-state index >= 15 is 0 Å². The molecule has 0 saturated carbocycles. The lowest BCUT2D eigenvalue weighted by molar-refractivity contribution is 0.0751. The van der Waals surface area contributed by atoms with Gasteiger partial charge in [0.1, 0.15) is 0 Å². The SMILES string of the molecule is CCCCCCCCCCCCN(CCCCCCCCCCCC)C(=O)c1cccc2cccnc12. The highest BCUT2D eigenvalue weighted by Gasteiger charge is 2.18. The van der Waals surface area contributed by atoms with Crippen molar-refractivity contribution in [3.63, 3.8) is 0 Å². The molecule has 1 aromatic heterocycles. The fourth-order valence-corrected chi connectivity index (χ4v) is 5.34. The van der Waals surface area contributed by atoms with Gasteiger partial charge in [0, 0.05) is 24.7 Å². The fraction of sp³-hybridized carbons (Fsp3) is 0.706. The summed E-state index contributed by atoms with van der Waals surface area (Å²) < 4.78 is 0. The van der Waals surface area contributed by atoms with E-state index in [1.165, 1.54) is 116 Å². The Morgan fingerprint density at radius 2 is 1.03 bits per heavy atom. The van der Waals surface area contributed by atoms with Crippen LogP contribution in [0.3, 0.4) is 0 Å². The molecule has 3 nitrogen and oxygen atoms in total. The number of aromatic nitrogens is 1. The Morgan fingerprint density at radius 3 is 1.51 bits per heavy atom. The summed E-state index contributed by atoms with van der Waals surface area (Å²) in [7, 11) is 0. The number of hydrogen-bond donors (Lipinski definition) is 0. The molecule has 0 aliphatic carbocycles. The van der Waals surface area contributed by atoms with Crippen LogP contribution in [0.5, 0.6) is 0 Å². The van der Waals surface area contributed by atoms with Crippen LogP contribution in [0, 0.1) is 0 Å². The van der Waals surface area contributed by atoms with Gasteiger partial charge in [-0.1, -0.05) is 148 Å². The van der Waals surface area contributed by atoms with Crippen molar-refractivity contribution in [1.29, 1.82) is 0 Å². The topological polar surface area (TPSA) is 33.2 Å². The number of carbonyl (C=O) groups is 1. The molecule has 0 saturated heterocycles. The van der Waals surface area contributed by atoms with E-state index < -0.39 is 0 Å². The van der Waals surface area contributed by atoms with Crippen LogP contribution in [-0.4, -0.2) is 28.9 Å². The second kappa shape index (κ2) is 21.1. The Morgan fingerprint density at radius 1 is 0.595 bits per heavy atom. The number of rotatable bonds is 23. The molecule has 2 rings (SSSR count). The quantitative estimate of drug-likeness (QED) is 0.140. The van der Waals surface area contributed by atoms with Crippen LogP contribution in [-0.2, 0) is 0 Å². The third-order valence-electron chi connectivity index (χ3n) is 7.71. The largest absolute Gasteiger partial charge is 0.339 e. The molecule has 0 aliphatic rings. The van der Waals surface area contributed by atoms with Gasteiger partial charge in [0.25, 0.3) is 5.91 Å². The van der Waals surface area contributed by atoms with E-state index in [1.807, 2.05) is 30.3 Å². The highest BCUT2D eigenvalue weighted by atomic mass is 16.2. The van der Waals surface area contributed by atoms with Gasteiger partial charge >= 0.3 is 0 Å². The summed E-state index contributed by atoms with van der Waals surface area (Å²) >= 11 is 0. The molecular formula is C34H56N2O. The third kappa shape index (κ3) is 13.5. The normalized spacial score (nSPS) is 11.3. The number of hydrogen-bond acceptors (Lipinski definition) is 2. The molecule has 0 fully saturated rings. The number of unbranched alkanes of at least 4 members (excludes halogenated alkanes) is 18. The van der Waals surface area contributed by atoms with Crippen molar-refractivity contribution < 1.29 is 4.79 Å². The number of pyridine rings is 1. The van der Waals surface area contributed by atoms with Gasteiger partial charge in [-0.25, -0.2) is 0 Å². The van der Waals surface area contributed by atoms with Gasteiger partial charge in [-0.15, -0.1) is 0 Å². The molecule has 0 N–H and O–H groups in total. The van der Waals surface area contributed by atoms with Gasteiger partial charge in [0.05, 0.1) is 11.1 Å². The predicted molar refractivity (Wildman–Crippen MR) is 161 cm³/mol. The van der Waals surface area contributed by atoms with Crippen LogP contribution in [0.2, 0.25) is 0 Å². The lowest BCUT2D eigenvalue weighted by Crippen LogP contribution is -2.33.